The number of hydrogen-bond donors (Lipinski definition) is 1. The lowest BCUT2D eigenvalue weighted by Crippen LogP contribution is -2.37. The summed E-state index contributed by atoms with van der Waals surface area (Å²) in [5, 5.41) is 0. The van der Waals surface area contributed by atoms with Crippen LogP contribution < -0.4 is 5.48 Å². The first kappa shape index (κ1) is 8.53. The topological polar surface area (TPSA) is 38.3 Å². The number of carbonyl (C=O) groups is 1. The molecule has 0 aliphatic heterocycles. The summed E-state index contributed by atoms with van der Waals surface area (Å²) in [6, 6.07) is 0. The summed E-state index contributed by atoms with van der Waals surface area (Å²) in [5.74, 6) is 0.542. The molecule has 0 unspecified atom stereocenters. The first-order valence-corrected chi connectivity index (χ1v) is 3.92. The molecule has 64 valence electrons. The Kier molecular flexibility index (Phi) is 2.18. The van der Waals surface area contributed by atoms with E-state index in [-0.39, 0.29) is 11.3 Å². The maximum absolute atomic E-state index is 11.3. The van der Waals surface area contributed by atoms with Gasteiger partial charge in [-0.2, -0.15) is 0 Å². The Labute approximate surface area is 67.1 Å². The number of hydroxylamine groups is 1. The SMILES string of the molecule is CONC(=O)C(C)(C)C1CC1. The average molecular weight is 157 g/mol. The summed E-state index contributed by atoms with van der Waals surface area (Å²) < 4.78 is 0. The molecular formula is C8H15NO2. The highest BCUT2D eigenvalue weighted by molar-refractivity contribution is 5.81. The average Bonchev–Trinajstić information content (AvgIpc) is 2.68. The van der Waals surface area contributed by atoms with Crippen LogP contribution in [0.1, 0.15) is 26.7 Å². The number of carbonyl (C=O) groups excluding carboxylic acids is 1. The molecule has 1 saturated carbocycles. The molecule has 0 spiro atoms. The molecule has 3 nitrogen and oxygen atoms in total. The van der Waals surface area contributed by atoms with Gasteiger partial charge in [0, 0.05) is 5.41 Å². The maximum Gasteiger partial charge on any atom is 0.249 e. The van der Waals surface area contributed by atoms with Crippen LogP contribution in [0.3, 0.4) is 0 Å². The Hall–Kier alpha value is -0.570. The fourth-order valence-electron chi connectivity index (χ4n) is 1.21. The molecule has 0 aromatic carbocycles. The van der Waals surface area contributed by atoms with Crippen LogP contribution in [-0.4, -0.2) is 13.0 Å². The second-order valence-electron chi connectivity index (χ2n) is 3.63. The van der Waals surface area contributed by atoms with Gasteiger partial charge in [-0.3, -0.25) is 9.63 Å². The summed E-state index contributed by atoms with van der Waals surface area (Å²) in [5.41, 5.74) is 2.11. The number of amides is 1. The van der Waals surface area contributed by atoms with Crippen molar-refractivity contribution in [3.63, 3.8) is 0 Å². The quantitative estimate of drug-likeness (QED) is 0.623. The molecule has 0 saturated heterocycles. The van der Waals surface area contributed by atoms with Crippen LogP contribution in [-0.2, 0) is 9.63 Å². The summed E-state index contributed by atoms with van der Waals surface area (Å²) in [4.78, 5) is 15.9. The molecule has 11 heavy (non-hydrogen) atoms. The van der Waals surface area contributed by atoms with Crippen molar-refractivity contribution in [1.82, 2.24) is 5.48 Å². The zero-order valence-corrected chi connectivity index (χ0v) is 7.31. The van der Waals surface area contributed by atoms with Gasteiger partial charge in [-0.15, -0.1) is 0 Å². The van der Waals surface area contributed by atoms with E-state index in [0.717, 1.165) is 0 Å². The van der Waals surface area contributed by atoms with Crippen LogP contribution in [0.5, 0.6) is 0 Å². The minimum Gasteiger partial charge on any atom is -0.277 e. The van der Waals surface area contributed by atoms with Crippen molar-refractivity contribution < 1.29 is 9.63 Å². The molecule has 0 atom stereocenters. The van der Waals surface area contributed by atoms with Crippen LogP contribution in [0.4, 0.5) is 0 Å². The molecule has 3 heteroatoms. The van der Waals surface area contributed by atoms with Crippen LogP contribution in [0.25, 0.3) is 0 Å². The zero-order chi connectivity index (χ0) is 8.48. The number of nitrogens with one attached hydrogen (secondary N) is 1. The van der Waals surface area contributed by atoms with Gasteiger partial charge in [0.05, 0.1) is 7.11 Å². The largest absolute Gasteiger partial charge is 0.277 e. The molecule has 1 amide bonds. The third kappa shape index (κ3) is 1.71. The standard InChI is InChI=1S/C8H15NO2/c1-8(2,6-4-5-6)7(10)9-11-3/h6H,4-5H2,1-3H3,(H,9,10). The summed E-state index contributed by atoms with van der Waals surface area (Å²) in [7, 11) is 1.46. The van der Waals surface area contributed by atoms with Crippen LogP contribution in [0.2, 0.25) is 0 Å². The smallest absolute Gasteiger partial charge is 0.249 e. The van der Waals surface area contributed by atoms with E-state index in [1.807, 2.05) is 13.8 Å². The van der Waals surface area contributed by atoms with E-state index < -0.39 is 0 Å². The van der Waals surface area contributed by atoms with Gasteiger partial charge < -0.3 is 0 Å². The van der Waals surface area contributed by atoms with E-state index in [1.54, 1.807) is 0 Å². The molecule has 0 aromatic rings. The van der Waals surface area contributed by atoms with Crippen LogP contribution in [0, 0.1) is 11.3 Å². The van der Waals surface area contributed by atoms with Gasteiger partial charge in [0.2, 0.25) is 5.91 Å². The van der Waals surface area contributed by atoms with Crippen molar-refractivity contribution >= 4 is 5.91 Å². The van der Waals surface area contributed by atoms with Gasteiger partial charge in [0.1, 0.15) is 0 Å². The highest BCUT2D eigenvalue weighted by Crippen LogP contribution is 2.45. The normalized spacial score (nSPS) is 18.1. The minimum atomic E-state index is -0.254. The predicted octanol–water partition coefficient (Wildman–Crippen LogP) is 1.10. The highest BCUT2D eigenvalue weighted by Gasteiger charge is 2.43. The van der Waals surface area contributed by atoms with E-state index >= 15 is 0 Å². The third-order valence-electron chi connectivity index (χ3n) is 2.38. The Bertz CT molecular complexity index is 161. The molecule has 0 aromatic heterocycles. The lowest BCUT2D eigenvalue weighted by molar-refractivity contribution is -0.141. The lowest BCUT2D eigenvalue weighted by atomic mass is 9.87. The Balaban J connectivity index is 2.48. The van der Waals surface area contributed by atoms with Crippen molar-refractivity contribution in [3.8, 4) is 0 Å². The van der Waals surface area contributed by atoms with Gasteiger partial charge in [-0.25, -0.2) is 5.48 Å². The summed E-state index contributed by atoms with van der Waals surface area (Å²) in [6.45, 7) is 3.91. The summed E-state index contributed by atoms with van der Waals surface area (Å²) in [6.07, 6.45) is 2.34. The first-order valence-electron chi connectivity index (χ1n) is 3.92. The van der Waals surface area contributed by atoms with E-state index in [0.29, 0.717) is 5.92 Å². The predicted molar refractivity (Wildman–Crippen MR) is 41.7 cm³/mol. The molecule has 1 fully saturated rings. The fourth-order valence-corrected chi connectivity index (χ4v) is 1.21. The molecule has 0 heterocycles. The Morgan fingerprint density at radius 1 is 1.55 bits per heavy atom. The van der Waals surface area contributed by atoms with Crippen molar-refractivity contribution in [3.05, 3.63) is 0 Å². The second kappa shape index (κ2) is 2.81. The van der Waals surface area contributed by atoms with Gasteiger partial charge in [0.15, 0.2) is 0 Å². The first-order chi connectivity index (χ1) is 5.09. The minimum absolute atomic E-state index is 0.0116. The van der Waals surface area contributed by atoms with E-state index in [9.17, 15) is 4.79 Å². The van der Waals surface area contributed by atoms with Gasteiger partial charge in [-0.1, -0.05) is 13.8 Å². The molecule has 1 aliphatic rings. The summed E-state index contributed by atoms with van der Waals surface area (Å²) >= 11 is 0. The molecule has 1 rings (SSSR count). The Morgan fingerprint density at radius 2 is 2.09 bits per heavy atom. The molecular weight excluding hydrogens is 142 g/mol. The van der Waals surface area contributed by atoms with E-state index in [2.05, 4.69) is 10.3 Å². The van der Waals surface area contributed by atoms with Crippen LogP contribution >= 0.6 is 0 Å². The lowest BCUT2D eigenvalue weighted by Gasteiger charge is -2.21. The van der Waals surface area contributed by atoms with Gasteiger partial charge in [-0.05, 0) is 18.8 Å². The molecule has 0 bridgehead atoms. The van der Waals surface area contributed by atoms with Crippen molar-refractivity contribution in [2.75, 3.05) is 7.11 Å². The second-order valence-corrected chi connectivity index (χ2v) is 3.63. The monoisotopic (exact) mass is 157 g/mol. The number of rotatable bonds is 3. The van der Waals surface area contributed by atoms with Gasteiger partial charge >= 0.3 is 0 Å². The fraction of sp³-hybridized carbons (Fsp3) is 0.875. The van der Waals surface area contributed by atoms with Crippen molar-refractivity contribution in [2.24, 2.45) is 11.3 Å². The van der Waals surface area contributed by atoms with Crippen molar-refractivity contribution in [1.29, 1.82) is 0 Å². The van der Waals surface area contributed by atoms with Crippen LogP contribution in [0.15, 0.2) is 0 Å². The number of hydrogen-bond acceptors (Lipinski definition) is 2. The molecule has 0 radical (unpaired) electrons. The van der Waals surface area contributed by atoms with Crippen molar-refractivity contribution in [2.45, 2.75) is 26.7 Å². The molecule has 1 N–H and O–H groups in total. The molecule has 1 aliphatic carbocycles. The Morgan fingerprint density at radius 3 is 2.45 bits per heavy atom. The highest BCUT2D eigenvalue weighted by atomic mass is 16.6. The third-order valence-corrected chi connectivity index (χ3v) is 2.38. The van der Waals surface area contributed by atoms with E-state index in [1.165, 1.54) is 20.0 Å². The zero-order valence-electron chi connectivity index (χ0n) is 7.31. The van der Waals surface area contributed by atoms with E-state index in [4.69, 9.17) is 0 Å². The maximum atomic E-state index is 11.3. The van der Waals surface area contributed by atoms with Gasteiger partial charge in [0.25, 0.3) is 0 Å².